The number of hydrogen-bond acceptors (Lipinski definition) is 5. The van der Waals surface area contributed by atoms with E-state index in [2.05, 4.69) is 0 Å². The van der Waals surface area contributed by atoms with Gasteiger partial charge in [0.1, 0.15) is 12.3 Å². The molecule has 0 heterocycles. The summed E-state index contributed by atoms with van der Waals surface area (Å²) in [5.74, 6) is -0.721. The molecular formula is C16H9ClN2O4. The molecule has 0 N–H and O–H groups in total. The van der Waals surface area contributed by atoms with E-state index in [0.29, 0.717) is 10.6 Å². The Morgan fingerprint density at radius 1 is 1.13 bits per heavy atom. The van der Waals surface area contributed by atoms with Gasteiger partial charge in [-0.2, -0.15) is 5.26 Å². The number of benzene rings is 2. The molecule has 0 radical (unpaired) electrons. The summed E-state index contributed by atoms with van der Waals surface area (Å²) < 4.78 is 4.94. The van der Waals surface area contributed by atoms with E-state index in [0.717, 1.165) is 6.26 Å². The molecule has 0 amide bonds. The fraction of sp³-hybridized carbons (Fsp3) is 0. The van der Waals surface area contributed by atoms with Gasteiger partial charge in [0, 0.05) is 17.2 Å². The van der Waals surface area contributed by atoms with Crippen LogP contribution in [-0.4, -0.2) is 10.9 Å². The van der Waals surface area contributed by atoms with Crippen molar-refractivity contribution in [3.8, 4) is 6.07 Å². The largest absolute Gasteiger partial charge is 0.429 e. The van der Waals surface area contributed by atoms with Crippen LogP contribution in [0.4, 0.5) is 5.69 Å². The molecule has 0 saturated heterocycles. The van der Waals surface area contributed by atoms with E-state index in [1.807, 2.05) is 6.07 Å². The van der Waals surface area contributed by atoms with E-state index >= 15 is 0 Å². The number of non-ortho nitro benzene ring substituents is 1. The predicted molar refractivity (Wildman–Crippen MR) is 83.6 cm³/mol. The molecule has 23 heavy (non-hydrogen) atoms. The highest BCUT2D eigenvalue weighted by Crippen LogP contribution is 2.18. The third-order valence-corrected chi connectivity index (χ3v) is 3.13. The Kier molecular flexibility index (Phi) is 5.07. The number of nitro groups is 1. The van der Waals surface area contributed by atoms with Crippen LogP contribution < -0.4 is 0 Å². The highest BCUT2D eigenvalue weighted by molar-refractivity contribution is 6.30. The molecule has 0 aliphatic carbocycles. The van der Waals surface area contributed by atoms with Crippen molar-refractivity contribution in [1.82, 2.24) is 0 Å². The minimum Gasteiger partial charge on any atom is -0.429 e. The molecule has 6 nitrogen and oxygen atoms in total. The second-order valence-electron chi connectivity index (χ2n) is 4.36. The van der Waals surface area contributed by atoms with E-state index in [9.17, 15) is 14.9 Å². The summed E-state index contributed by atoms with van der Waals surface area (Å²) in [4.78, 5) is 21.8. The van der Waals surface area contributed by atoms with Gasteiger partial charge in [0.05, 0.1) is 16.1 Å². The molecule has 0 unspecified atom stereocenters. The first-order chi connectivity index (χ1) is 11.0. The minimum atomic E-state index is -0.721. The Hall–Kier alpha value is -3.17. The van der Waals surface area contributed by atoms with Crippen LogP contribution in [0.15, 0.2) is 54.8 Å². The van der Waals surface area contributed by atoms with Crippen molar-refractivity contribution in [2.75, 3.05) is 0 Å². The third-order valence-electron chi connectivity index (χ3n) is 2.87. The lowest BCUT2D eigenvalue weighted by Gasteiger charge is -2.02. The van der Waals surface area contributed by atoms with Gasteiger partial charge in [-0.1, -0.05) is 23.7 Å². The molecule has 2 aromatic rings. The van der Waals surface area contributed by atoms with Crippen molar-refractivity contribution >= 4 is 28.8 Å². The SMILES string of the molecule is N#C/C(=C\OC(=O)c1ccc([N+](=O)[O-])cc1)c1ccc(Cl)cc1. The molecule has 7 heteroatoms. The minimum absolute atomic E-state index is 0.129. The second kappa shape index (κ2) is 7.20. The smallest absolute Gasteiger partial charge is 0.342 e. The molecule has 0 spiro atoms. The molecule has 0 aliphatic rings. The van der Waals surface area contributed by atoms with Crippen LogP contribution in [0.3, 0.4) is 0 Å². The number of esters is 1. The highest BCUT2D eigenvalue weighted by Gasteiger charge is 2.10. The van der Waals surface area contributed by atoms with Crippen molar-refractivity contribution in [2.45, 2.75) is 0 Å². The van der Waals surface area contributed by atoms with Crippen molar-refractivity contribution in [3.63, 3.8) is 0 Å². The van der Waals surface area contributed by atoms with E-state index in [1.54, 1.807) is 24.3 Å². The molecule has 0 atom stereocenters. The quantitative estimate of drug-likeness (QED) is 0.278. The van der Waals surface area contributed by atoms with Crippen LogP contribution in [0, 0.1) is 21.4 Å². The van der Waals surface area contributed by atoms with Crippen molar-refractivity contribution < 1.29 is 14.5 Å². The third kappa shape index (κ3) is 4.15. The fourth-order valence-corrected chi connectivity index (χ4v) is 1.81. The number of nitriles is 1. The number of nitrogens with zero attached hydrogens (tertiary/aromatic N) is 2. The first-order valence-electron chi connectivity index (χ1n) is 6.33. The lowest BCUT2D eigenvalue weighted by Crippen LogP contribution is -2.01. The number of carbonyl (C=O) groups is 1. The van der Waals surface area contributed by atoms with Crippen LogP contribution in [-0.2, 0) is 4.74 Å². The van der Waals surface area contributed by atoms with Crippen molar-refractivity contribution in [1.29, 1.82) is 5.26 Å². The van der Waals surface area contributed by atoms with Gasteiger partial charge in [0.15, 0.2) is 0 Å². The first-order valence-corrected chi connectivity index (χ1v) is 6.70. The molecule has 2 aromatic carbocycles. The number of rotatable bonds is 4. The Morgan fingerprint density at radius 2 is 1.70 bits per heavy atom. The van der Waals surface area contributed by atoms with Crippen LogP contribution in [0.5, 0.6) is 0 Å². The summed E-state index contributed by atoms with van der Waals surface area (Å²) in [6, 6.07) is 13.3. The summed E-state index contributed by atoms with van der Waals surface area (Å²) >= 11 is 5.77. The van der Waals surface area contributed by atoms with Gasteiger partial charge in [-0.15, -0.1) is 0 Å². The molecular weight excluding hydrogens is 320 g/mol. The zero-order chi connectivity index (χ0) is 16.8. The molecule has 0 aromatic heterocycles. The monoisotopic (exact) mass is 328 g/mol. The molecule has 0 aliphatic heterocycles. The van der Waals surface area contributed by atoms with Crippen LogP contribution in [0.25, 0.3) is 5.57 Å². The molecule has 0 bridgehead atoms. The van der Waals surface area contributed by atoms with Crippen LogP contribution >= 0.6 is 11.6 Å². The van der Waals surface area contributed by atoms with Gasteiger partial charge >= 0.3 is 5.97 Å². The van der Waals surface area contributed by atoms with E-state index < -0.39 is 10.9 Å². The zero-order valence-electron chi connectivity index (χ0n) is 11.6. The number of carbonyl (C=O) groups excluding carboxylic acids is 1. The van der Waals surface area contributed by atoms with E-state index in [4.69, 9.17) is 21.6 Å². The first kappa shape index (κ1) is 16.2. The van der Waals surface area contributed by atoms with Crippen molar-refractivity contribution in [2.24, 2.45) is 0 Å². The number of hydrogen-bond donors (Lipinski definition) is 0. The molecule has 0 fully saturated rings. The molecule has 0 saturated carbocycles. The molecule has 2 rings (SSSR count). The summed E-state index contributed by atoms with van der Waals surface area (Å²) in [5.41, 5.74) is 0.710. The maximum Gasteiger partial charge on any atom is 0.342 e. The number of allylic oxidation sites excluding steroid dienone is 1. The summed E-state index contributed by atoms with van der Waals surface area (Å²) in [6.07, 6.45) is 1.03. The van der Waals surface area contributed by atoms with Gasteiger partial charge < -0.3 is 4.74 Å². The number of ether oxygens (including phenoxy) is 1. The van der Waals surface area contributed by atoms with Crippen molar-refractivity contribution in [3.05, 3.63) is 81.1 Å². The number of nitro benzene ring substituents is 1. The van der Waals surface area contributed by atoms with Gasteiger partial charge in [-0.05, 0) is 29.8 Å². The normalized spacial score (nSPS) is 10.7. The second-order valence-corrected chi connectivity index (χ2v) is 4.80. The average molecular weight is 329 g/mol. The Morgan fingerprint density at radius 3 is 2.22 bits per heavy atom. The topological polar surface area (TPSA) is 93.2 Å². The molecule has 114 valence electrons. The Balaban J connectivity index is 2.13. The standard InChI is InChI=1S/C16H9ClN2O4/c17-14-5-1-11(2-6-14)13(9-18)10-23-16(20)12-3-7-15(8-4-12)19(21)22/h1-8,10H/b13-10+. The van der Waals surface area contributed by atoms with Crippen LogP contribution in [0.2, 0.25) is 5.02 Å². The summed E-state index contributed by atoms with van der Waals surface area (Å²) in [7, 11) is 0. The van der Waals surface area contributed by atoms with E-state index in [1.165, 1.54) is 24.3 Å². The summed E-state index contributed by atoms with van der Waals surface area (Å²) in [5, 5.41) is 20.2. The van der Waals surface area contributed by atoms with Gasteiger partial charge in [-0.3, -0.25) is 10.1 Å². The van der Waals surface area contributed by atoms with Gasteiger partial charge in [-0.25, -0.2) is 4.79 Å². The van der Waals surface area contributed by atoms with Gasteiger partial charge in [0.2, 0.25) is 0 Å². The Labute approximate surface area is 136 Å². The summed E-state index contributed by atoms with van der Waals surface area (Å²) in [6.45, 7) is 0. The maximum absolute atomic E-state index is 11.9. The Bertz CT molecular complexity index is 805. The predicted octanol–water partition coefficient (Wildman–Crippen LogP) is 3.97. The number of halogens is 1. The lowest BCUT2D eigenvalue weighted by atomic mass is 10.1. The lowest BCUT2D eigenvalue weighted by molar-refractivity contribution is -0.384. The average Bonchev–Trinajstić information content (AvgIpc) is 2.56. The van der Waals surface area contributed by atoms with Crippen LogP contribution in [0.1, 0.15) is 15.9 Å². The zero-order valence-corrected chi connectivity index (χ0v) is 12.4. The van der Waals surface area contributed by atoms with Gasteiger partial charge in [0.25, 0.3) is 5.69 Å². The highest BCUT2D eigenvalue weighted by atomic mass is 35.5. The van der Waals surface area contributed by atoms with E-state index in [-0.39, 0.29) is 16.8 Å². The maximum atomic E-state index is 11.9. The fourth-order valence-electron chi connectivity index (χ4n) is 1.69.